The number of nitrogen functional groups attached to an aromatic ring is 1. The molecule has 1 aliphatic rings. The second kappa shape index (κ2) is 4.73. The van der Waals surface area contributed by atoms with Crippen molar-refractivity contribution < 1.29 is 0 Å². The van der Waals surface area contributed by atoms with E-state index in [1.54, 1.807) is 0 Å². The number of hydrogen-bond donors (Lipinski definition) is 1. The molecule has 2 N–H and O–H groups in total. The molecule has 1 heterocycles. The molecule has 0 aromatic heterocycles. The molecule has 0 spiro atoms. The van der Waals surface area contributed by atoms with Crippen molar-refractivity contribution in [2.45, 2.75) is 18.9 Å². The average Bonchev–Trinajstić information content (AvgIpc) is 2.90. The van der Waals surface area contributed by atoms with Gasteiger partial charge in [0.2, 0.25) is 0 Å². The summed E-state index contributed by atoms with van der Waals surface area (Å²) in [7, 11) is 0. The lowest BCUT2D eigenvalue weighted by Gasteiger charge is -2.27. The van der Waals surface area contributed by atoms with Crippen molar-refractivity contribution in [3.05, 3.63) is 60.2 Å². The predicted octanol–water partition coefficient (Wildman–Crippen LogP) is 3.61. The highest BCUT2D eigenvalue weighted by atomic mass is 15.2. The lowest BCUT2D eigenvalue weighted by atomic mass is 10.0. The van der Waals surface area contributed by atoms with Crippen LogP contribution in [0.3, 0.4) is 0 Å². The lowest BCUT2D eigenvalue weighted by molar-refractivity contribution is 0.719. The van der Waals surface area contributed by atoms with Crippen molar-refractivity contribution in [3.63, 3.8) is 0 Å². The fourth-order valence-electron chi connectivity index (χ4n) is 2.76. The lowest BCUT2D eigenvalue weighted by Crippen LogP contribution is -2.22. The molecule has 92 valence electrons. The topological polar surface area (TPSA) is 29.3 Å². The summed E-state index contributed by atoms with van der Waals surface area (Å²) in [6.07, 6.45) is 2.47. The fraction of sp³-hybridized carbons (Fsp3) is 0.250. The molecule has 1 saturated heterocycles. The van der Waals surface area contributed by atoms with Crippen LogP contribution in [0.25, 0.3) is 0 Å². The third-order valence-corrected chi connectivity index (χ3v) is 3.66. The molecule has 1 aliphatic heterocycles. The van der Waals surface area contributed by atoms with E-state index in [9.17, 15) is 0 Å². The maximum absolute atomic E-state index is 5.76. The van der Waals surface area contributed by atoms with Gasteiger partial charge >= 0.3 is 0 Å². The third-order valence-electron chi connectivity index (χ3n) is 3.66. The van der Waals surface area contributed by atoms with Gasteiger partial charge in [-0.2, -0.15) is 0 Å². The zero-order valence-electron chi connectivity index (χ0n) is 10.4. The van der Waals surface area contributed by atoms with Gasteiger partial charge in [0.1, 0.15) is 0 Å². The smallest absolute Gasteiger partial charge is 0.0543 e. The molecule has 0 aliphatic carbocycles. The minimum absolute atomic E-state index is 0.494. The highest BCUT2D eigenvalue weighted by molar-refractivity contribution is 5.51. The molecule has 1 unspecified atom stereocenters. The van der Waals surface area contributed by atoms with Crippen molar-refractivity contribution in [2.75, 3.05) is 17.2 Å². The number of rotatable bonds is 2. The molecule has 2 nitrogen and oxygen atoms in total. The summed E-state index contributed by atoms with van der Waals surface area (Å²) in [6.45, 7) is 1.14. The van der Waals surface area contributed by atoms with Crippen LogP contribution in [0.5, 0.6) is 0 Å². The van der Waals surface area contributed by atoms with Crippen LogP contribution in [0.2, 0.25) is 0 Å². The first-order chi connectivity index (χ1) is 8.84. The molecule has 2 aromatic rings. The normalized spacial score (nSPS) is 19.1. The molecule has 1 atom stereocenters. The molecule has 0 amide bonds. The zero-order chi connectivity index (χ0) is 12.4. The van der Waals surface area contributed by atoms with Crippen molar-refractivity contribution in [1.82, 2.24) is 0 Å². The van der Waals surface area contributed by atoms with Gasteiger partial charge in [0.05, 0.1) is 6.04 Å². The molecular weight excluding hydrogens is 220 g/mol. The van der Waals surface area contributed by atoms with E-state index >= 15 is 0 Å². The predicted molar refractivity (Wildman–Crippen MR) is 76.6 cm³/mol. The van der Waals surface area contributed by atoms with Crippen molar-refractivity contribution >= 4 is 11.4 Å². The molecule has 2 aromatic carbocycles. The Hall–Kier alpha value is -1.96. The van der Waals surface area contributed by atoms with E-state index in [0.29, 0.717) is 6.04 Å². The molecule has 3 rings (SSSR count). The summed E-state index contributed by atoms with van der Waals surface area (Å²) in [6, 6.07) is 19.5. The van der Waals surface area contributed by atoms with E-state index in [4.69, 9.17) is 5.73 Å². The van der Waals surface area contributed by atoms with Gasteiger partial charge in [0, 0.05) is 17.9 Å². The van der Waals surface area contributed by atoms with Gasteiger partial charge in [-0.05, 0) is 42.7 Å². The number of nitrogens with zero attached hydrogens (tertiary/aromatic N) is 1. The van der Waals surface area contributed by atoms with Gasteiger partial charge in [-0.25, -0.2) is 0 Å². The van der Waals surface area contributed by atoms with Gasteiger partial charge in [0.25, 0.3) is 0 Å². The Kier molecular flexibility index (Phi) is 2.93. The van der Waals surface area contributed by atoms with Crippen LogP contribution in [0.15, 0.2) is 54.6 Å². The molecule has 0 saturated carbocycles. The van der Waals surface area contributed by atoms with E-state index < -0.39 is 0 Å². The SMILES string of the molecule is Nc1ccc(C2CCCN2c2ccccc2)cc1. The molecular formula is C16H18N2. The minimum Gasteiger partial charge on any atom is -0.399 e. The highest BCUT2D eigenvalue weighted by Gasteiger charge is 2.25. The van der Waals surface area contributed by atoms with E-state index in [1.165, 1.54) is 24.1 Å². The first-order valence-electron chi connectivity index (χ1n) is 6.52. The number of benzene rings is 2. The molecule has 18 heavy (non-hydrogen) atoms. The van der Waals surface area contributed by atoms with Crippen LogP contribution in [-0.4, -0.2) is 6.54 Å². The molecule has 1 fully saturated rings. The van der Waals surface area contributed by atoms with Gasteiger partial charge in [-0.15, -0.1) is 0 Å². The Bertz CT molecular complexity index is 504. The van der Waals surface area contributed by atoms with Crippen LogP contribution in [0, 0.1) is 0 Å². The maximum Gasteiger partial charge on any atom is 0.0543 e. The minimum atomic E-state index is 0.494. The summed E-state index contributed by atoms with van der Waals surface area (Å²) in [5.74, 6) is 0. The van der Waals surface area contributed by atoms with Crippen molar-refractivity contribution in [3.8, 4) is 0 Å². The Morgan fingerprint density at radius 3 is 2.39 bits per heavy atom. The van der Waals surface area contributed by atoms with Crippen LogP contribution < -0.4 is 10.6 Å². The Labute approximate surface area is 108 Å². The van der Waals surface area contributed by atoms with Gasteiger partial charge in [-0.3, -0.25) is 0 Å². The maximum atomic E-state index is 5.76. The number of anilines is 2. The molecule has 0 radical (unpaired) electrons. The van der Waals surface area contributed by atoms with Crippen molar-refractivity contribution in [1.29, 1.82) is 0 Å². The Morgan fingerprint density at radius 1 is 0.944 bits per heavy atom. The van der Waals surface area contributed by atoms with Gasteiger partial charge < -0.3 is 10.6 Å². The van der Waals surface area contributed by atoms with Crippen LogP contribution in [0.1, 0.15) is 24.4 Å². The molecule has 0 bridgehead atoms. The quantitative estimate of drug-likeness (QED) is 0.810. The largest absolute Gasteiger partial charge is 0.399 e. The van der Waals surface area contributed by atoms with Crippen LogP contribution in [-0.2, 0) is 0 Å². The first-order valence-corrected chi connectivity index (χ1v) is 6.52. The zero-order valence-corrected chi connectivity index (χ0v) is 10.4. The fourth-order valence-corrected chi connectivity index (χ4v) is 2.76. The average molecular weight is 238 g/mol. The van der Waals surface area contributed by atoms with E-state index in [1.807, 2.05) is 12.1 Å². The van der Waals surface area contributed by atoms with Crippen molar-refractivity contribution in [2.24, 2.45) is 0 Å². The highest BCUT2D eigenvalue weighted by Crippen LogP contribution is 2.35. The summed E-state index contributed by atoms with van der Waals surface area (Å²) in [5, 5.41) is 0. The van der Waals surface area contributed by atoms with Gasteiger partial charge in [-0.1, -0.05) is 30.3 Å². The monoisotopic (exact) mass is 238 g/mol. The number of hydrogen-bond acceptors (Lipinski definition) is 2. The first kappa shape index (κ1) is 11.1. The van der Waals surface area contributed by atoms with E-state index in [2.05, 4.69) is 47.4 Å². The number of nitrogens with two attached hydrogens (primary N) is 1. The summed E-state index contributed by atoms with van der Waals surface area (Å²) < 4.78 is 0. The standard InChI is InChI=1S/C16H18N2/c17-14-10-8-13(9-11-14)16-7-4-12-18(16)15-5-2-1-3-6-15/h1-3,5-6,8-11,16H,4,7,12,17H2. The number of para-hydroxylation sites is 1. The third kappa shape index (κ3) is 2.06. The summed E-state index contributed by atoms with van der Waals surface area (Å²) in [4.78, 5) is 2.49. The summed E-state index contributed by atoms with van der Waals surface area (Å²) >= 11 is 0. The van der Waals surface area contributed by atoms with E-state index in [0.717, 1.165) is 12.2 Å². The van der Waals surface area contributed by atoms with Crippen LogP contribution in [0.4, 0.5) is 11.4 Å². The Balaban J connectivity index is 1.90. The van der Waals surface area contributed by atoms with E-state index in [-0.39, 0.29) is 0 Å². The Morgan fingerprint density at radius 2 is 1.67 bits per heavy atom. The molecule has 2 heteroatoms. The second-order valence-corrected chi connectivity index (χ2v) is 4.85. The summed E-state index contributed by atoms with van der Waals surface area (Å²) in [5.41, 5.74) is 9.28. The van der Waals surface area contributed by atoms with Gasteiger partial charge in [0.15, 0.2) is 0 Å². The second-order valence-electron chi connectivity index (χ2n) is 4.85. The van der Waals surface area contributed by atoms with Crippen LogP contribution >= 0.6 is 0 Å².